The number of aryl methyl sites for hydroxylation is 1. The van der Waals surface area contributed by atoms with E-state index in [1.54, 1.807) is 6.92 Å². The average Bonchev–Trinajstić information content (AvgIpc) is 2.34. The van der Waals surface area contributed by atoms with Crippen molar-refractivity contribution in [2.24, 2.45) is 5.73 Å². The fourth-order valence-electron chi connectivity index (χ4n) is 1.98. The van der Waals surface area contributed by atoms with Crippen LogP contribution in [0.5, 0.6) is 5.75 Å². The second-order valence-corrected chi connectivity index (χ2v) is 5.85. The molecule has 1 unspecified atom stereocenters. The van der Waals surface area contributed by atoms with Crippen LogP contribution in [0.1, 0.15) is 50.7 Å². The molecule has 0 radical (unpaired) electrons. The first kappa shape index (κ1) is 16.0. The van der Waals surface area contributed by atoms with Crippen molar-refractivity contribution >= 4 is 0 Å². The Hall–Kier alpha value is -1.06. The quantitative estimate of drug-likeness (QED) is 0.745. The molecule has 0 aromatic heterocycles. The summed E-state index contributed by atoms with van der Waals surface area (Å²) in [6.45, 7) is 9.05. The number of hydrogen-bond donors (Lipinski definition) is 2. The van der Waals surface area contributed by atoms with Crippen LogP contribution < -0.4 is 10.5 Å². The molecule has 3 N–H and O–H groups in total. The van der Waals surface area contributed by atoms with Crippen LogP contribution in [0, 0.1) is 6.92 Å². The Morgan fingerprint density at radius 2 is 2.05 bits per heavy atom. The molecule has 3 heteroatoms. The highest BCUT2D eigenvalue weighted by Gasteiger charge is 2.17. The molecule has 1 atom stereocenters. The summed E-state index contributed by atoms with van der Waals surface area (Å²) in [5, 5.41) is 9.83. The Bertz CT molecular complexity index is 400. The van der Waals surface area contributed by atoms with E-state index in [1.165, 1.54) is 11.1 Å². The lowest BCUT2D eigenvalue weighted by atomic mass is 10.00. The molecular weight excluding hydrogens is 238 g/mol. The lowest BCUT2D eigenvalue weighted by molar-refractivity contribution is 0.0535. The third kappa shape index (κ3) is 5.21. The smallest absolute Gasteiger partial charge is 0.122 e. The van der Waals surface area contributed by atoms with Gasteiger partial charge in [-0.2, -0.15) is 0 Å². The van der Waals surface area contributed by atoms with E-state index in [0.29, 0.717) is 18.9 Å². The zero-order valence-corrected chi connectivity index (χ0v) is 12.6. The van der Waals surface area contributed by atoms with Gasteiger partial charge in [0.2, 0.25) is 0 Å². The third-order valence-electron chi connectivity index (χ3n) is 3.35. The zero-order valence-electron chi connectivity index (χ0n) is 12.6. The van der Waals surface area contributed by atoms with Gasteiger partial charge >= 0.3 is 0 Å². The van der Waals surface area contributed by atoms with E-state index in [-0.39, 0.29) is 6.54 Å². The van der Waals surface area contributed by atoms with Crippen LogP contribution in [0.3, 0.4) is 0 Å². The van der Waals surface area contributed by atoms with Crippen LogP contribution in [0.25, 0.3) is 0 Å². The van der Waals surface area contributed by atoms with E-state index in [9.17, 15) is 5.11 Å². The maximum atomic E-state index is 9.83. The summed E-state index contributed by atoms with van der Waals surface area (Å²) in [4.78, 5) is 0. The Kier molecular flexibility index (Phi) is 5.83. The summed E-state index contributed by atoms with van der Waals surface area (Å²) in [5.74, 6) is 1.41. The van der Waals surface area contributed by atoms with Crippen molar-refractivity contribution in [3.8, 4) is 5.75 Å². The summed E-state index contributed by atoms with van der Waals surface area (Å²) in [7, 11) is 0. The standard InChI is InChI=1S/C16H27NO2/c1-12(2)14-7-6-13(3)10-15(14)19-9-5-8-16(4,18)11-17/h6-7,10,12,18H,5,8-9,11,17H2,1-4H3. The number of benzene rings is 1. The molecule has 0 heterocycles. The molecule has 0 aliphatic heterocycles. The van der Waals surface area contributed by atoms with Gasteiger partial charge in [-0.1, -0.05) is 26.0 Å². The molecule has 108 valence electrons. The van der Waals surface area contributed by atoms with Gasteiger partial charge in [0.05, 0.1) is 12.2 Å². The summed E-state index contributed by atoms with van der Waals surface area (Å²) < 4.78 is 5.87. The second kappa shape index (κ2) is 6.92. The van der Waals surface area contributed by atoms with E-state index in [1.807, 2.05) is 0 Å². The van der Waals surface area contributed by atoms with Crippen molar-refractivity contribution in [2.75, 3.05) is 13.2 Å². The van der Waals surface area contributed by atoms with Crippen LogP contribution >= 0.6 is 0 Å². The first-order chi connectivity index (χ1) is 8.85. The minimum Gasteiger partial charge on any atom is -0.493 e. The molecule has 0 aliphatic carbocycles. The Morgan fingerprint density at radius 3 is 2.63 bits per heavy atom. The van der Waals surface area contributed by atoms with Gasteiger partial charge in [0, 0.05) is 6.54 Å². The summed E-state index contributed by atoms with van der Waals surface area (Å²) in [6.07, 6.45) is 1.46. The highest BCUT2D eigenvalue weighted by molar-refractivity contribution is 5.39. The van der Waals surface area contributed by atoms with E-state index >= 15 is 0 Å². The van der Waals surface area contributed by atoms with Crippen LogP contribution in [0.15, 0.2) is 18.2 Å². The van der Waals surface area contributed by atoms with Crippen LogP contribution in [0.4, 0.5) is 0 Å². The molecule has 0 spiro atoms. The average molecular weight is 265 g/mol. The molecule has 0 aliphatic rings. The first-order valence-electron chi connectivity index (χ1n) is 7.01. The highest BCUT2D eigenvalue weighted by atomic mass is 16.5. The van der Waals surface area contributed by atoms with E-state index < -0.39 is 5.60 Å². The van der Waals surface area contributed by atoms with E-state index in [2.05, 4.69) is 39.0 Å². The number of rotatable bonds is 7. The molecule has 0 saturated heterocycles. The minimum absolute atomic E-state index is 0.286. The molecule has 0 fully saturated rings. The molecule has 0 bridgehead atoms. The van der Waals surface area contributed by atoms with Gasteiger partial charge in [-0.05, 0) is 49.8 Å². The monoisotopic (exact) mass is 265 g/mol. The van der Waals surface area contributed by atoms with Gasteiger partial charge in [-0.25, -0.2) is 0 Å². The van der Waals surface area contributed by atoms with Crippen LogP contribution in [0.2, 0.25) is 0 Å². The Labute approximate surface area is 116 Å². The van der Waals surface area contributed by atoms with Crippen molar-refractivity contribution in [1.29, 1.82) is 0 Å². The number of nitrogens with two attached hydrogens (primary N) is 1. The largest absolute Gasteiger partial charge is 0.493 e. The summed E-state index contributed by atoms with van der Waals surface area (Å²) in [5.41, 5.74) is 7.15. The number of hydrogen-bond acceptors (Lipinski definition) is 3. The SMILES string of the molecule is Cc1ccc(C(C)C)c(OCCCC(C)(O)CN)c1. The van der Waals surface area contributed by atoms with Crippen molar-refractivity contribution in [1.82, 2.24) is 0 Å². The molecule has 1 rings (SSSR count). The lowest BCUT2D eigenvalue weighted by Gasteiger charge is -2.21. The second-order valence-electron chi connectivity index (χ2n) is 5.85. The minimum atomic E-state index is -0.781. The van der Waals surface area contributed by atoms with Gasteiger partial charge in [0.1, 0.15) is 5.75 Å². The number of ether oxygens (including phenoxy) is 1. The predicted molar refractivity (Wildman–Crippen MR) is 79.7 cm³/mol. The molecule has 0 saturated carbocycles. The molecule has 1 aromatic rings. The molecule has 19 heavy (non-hydrogen) atoms. The van der Waals surface area contributed by atoms with Gasteiger partial charge in [0.15, 0.2) is 0 Å². The fraction of sp³-hybridized carbons (Fsp3) is 0.625. The van der Waals surface area contributed by atoms with Crippen molar-refractivity contribution < 1.29 is 9.84 Å². The fourth-order valence-corrected chi connectivity index (χ4v) is 1.98. The summed E-state index contributed by atoms with van der Waals surface area (Å²) in [6, 6.07) is 6.32. The molecule has 0 amide bonds. The van der Waals surface area contributed by atoms with Gasteiger partial charge in [-0.15, -0.1) is 0 Å². The van der Waals surface area contributed by atoms with Gasteiger partial charge < -0.3 is 15.6 Å². The molecular formula is C16H27NO2. The molecule has 1 aromatic carbocycles. The van der Waals surface area contributed by atoms with E-state index in [4.69, 9.17) is 10.5 Å². The van der Waals surface area contributed by atoms with Crippen molar-refractivity contribution in [2.45, 2.75) is 52.1 Å². The van der Waals surface area contributed by atoms with Gasteiger partial charge in [-0.3, -0.25) is 0 Å². The maximum Gasteiger partial charge on any atom is 0.122 e. The summed E-state index contributed by atoms with van der Waals surface area (Å²) >= 11 is 0. The van der Waals surface area contributed by atoms with Crippen LogP contribution in [-0.4, -0.2) is 23.9 Å². The van der Waals surface area contributed by atoms with Crippen molar-refractivity contribution in [3.63, 3.8) is 0 Å². The van der Waals surface area contributed by atoms with E-state index in [0.717, 1.165) is 12.2 Å². The zero-order chi connectivity index (χ0) is 14.5. The normalized spacial score (nSPS) is 14.5. The Morgan fingerprint density at radius 1 is 1.37 bits per heavy atom. The van der Waals surface area contributed by atoms with Crippen LogP contribution in [-0.2, 0) is 0 Å². The predicted octanol–water partition coefficient (Wildman–Crippen LogP) is 2.99. The maximum absolute atomic E-state index is 9.83. The van der Waals surface area contributed by atoms with Crippen molar-refractivity contribution in [3.05, 3.63) is 29.3 Å². The highest BCUT2D eigenvalue weighted by Crippen LogP contribution is 2.27. The number of aliphatic hydroxyl groups is 1. The molecule has 3 nitrogen and oxygen atoms in total. The third-order valence-corrected chi connectivity index (χ3v) is 3.35. The topological polar surface area (TPSA) is 55.5 Å². The Balaban J connectivity index is 2.55. The van der Waals surface area contributed by atoms with Gasteiger partial charge in [0.25, 0.3) is 0 Å². The first-order valence-corrected chi connectivity index (χ1v) is 7.01. The lowest BCUT2D eigenvalue weighted by Crippen LogP contribution is -2.34.